The first-order valence-corrected chi connectivity index (χ1v) is 6.87. The van der Waals surface area contributed by atoms with Gasteiger partial charge >= 0.3 is 0 Å². The van der Waals surface area contributed by atoms with Crippen molar-refractivity contribution in [2.24, 2.45) is 5.92 Å². The van der Waals surface area contributed by atoms with Crippen LogP contribution in [0.25, 0.3) is 0 Å². The average molecular weight is 240 g/mol. The second-order valence-electron chi connectivity index (χ2n) is 5.42. The molecule has 0 radical (unpaired) electrons. The fourth-order valence-corrected chi connectivity index (χ4v) is 2.87. The molecule has 2 rings (SSSR count). The lowest BCUT2D eigenvalue weighted by Gasteiger charge is -2.40. The van der Waals surface area contributed by atoms with Crippen molar-refractivity contribution in [2.75, 3.05) is 19.7 Å². The van der Waals surface area contributed by atoms with Crippen LogP contribution in [0.15, 0.2) is 0 Å². The Morgan fingerprint density at radius 1 is 1.41 bits per heavy atom. The second-order valence-corrected chi connectivity index (χ2v) is 5.42. The van der Waals surface area contributed by atoms with Crippen molar-refractivity contribution in [1.29, 1.82) is 0 Å². The Kier molecular flexibility index (Phi) is 4.40. The van der Waals surface area contributed by atoms with E-state index in [1.165, 1.54) is 6.42 Å². The van der Waals surface area contributed by atoms with Gasteiger partial charge in [-0.05, 0) is 45.6 Å². The van der Waals surface area contributed by atoms with E-state index in [1.807, 2.05) is 4.90 Å². The molecule has 1 aliphatic carbocycles. The molecule has 2 aliphatic rings. The average Bonchev–Trinajstić information content (AvgIpc) is 2.25. The summed E-state index contributed by atoms with van der Waals surface area (Å²) in [6.07, 6.45) is 5.34. The highest BCUT2D eigenvalue weighted by atomic mass is 16.3. The van der Waals surface area contributed by atoms with Crippen molar-refractivity contribution in [3.8, 4) is 0 Å². The molecule has 2 unspecified atom stereocenters. The van der Waals surface area contributed by atoms with E-state index < -0.39 is 0 Å². The molecule has 1 amide bonds. The fourth-order valence-electron chi connectivity index (χ4n) is 2.87. The molecule has 0 spiro atoms. The Morgan fingerprint density at radius 2 is 2.18 bits per heavy atom. The highest BCUT2D eigenvalue weighted by Crippen LogP contribution is 2.28. The van der Waals surface area contributed by atoms with Crippen LogP contribution in [0.2, 0.25) is 0 Å². The third kappa shape index (κ3) is 2.99. The molecule has 1 aliphatic heterocycles. The summed E-state index contributed by atoms with van der Waals surface area (Å²) in [6.45, 7) is 3.68. The summed E-state index contributed by atoms with van der Waals surface area (Å²) in [5.41, 5.74) is 0. The summed E-state index contributed by atoms with van der Waals surface area (Å²) >= 11 is 0. The SMILES string of the molecule is CC1CC(C(=O)N(CCO)C2CCC2)CCN1. The number of nitrogens with one attached hydrogen (secondary N) is 1. The van der Waals surface area contributed by atoms with Crippen molar-refractivity contribution in [2.45, 2.75) is 51.1 Å². The molecule has 0 bridgehead atoms. The number of piperidine rings is 1. The van der Waals surface area contributed by atoms with Crippen LogP contribution in [0.5, 0.6) is 0 Å². The van der Waals surface area contributed by atoms with Gasteiger partial charge in [0, 0.05) is 24.5 Å². The van der Waals surface area contributed by atoms with Gasteiger partial charge in [0.25, 0.3) is 0 Å². The van der Waals surface area contributed by atoms with Gasteiger partial charge in [-0.2, -0.15) is 0 Å². The molecule has 4 nitrogen and oxygen atoms in total. The zero-order chi connectivity index (χ0) is 12.3. The van der Waals surface area contributed by atoms with Crippen molar-refractivity contribution in [3.63, 3.8) is 0 Å². The number of carbonyl (C=O) groups excluding carboxylic acids is 1. The van der Waals surface area contributed by atoms with E-state index in [0.29, 0.717) is 18.6 Å². The standard InChI is InChI=1S/C13H24N2O2/c1-10-9-11(5-6-14-10)13(17)15(7-8-16)12-3-2-4-12/h10-12,14,16H,2-9H2,1H3. The summed E-state index contributed by atoms with van der Waals surface area (Å²) in [5, 5.41) is 12.5. The van der Waals surface area contributed by atoms with Gasteiger partial charge < -0.3 is 15.3 Å². The first kappa shape index (κ1) is 12.8. The maximum atomic E-state index is 12.5. The first-order chi connectivity index (χ1) is 8.22. The quantitative estimate of drug-likeness (QED) is 0.762. The normalized spacial score (nSPS) is 29.8. The molecule has 1 heterocycles. The van der Waals surface area contributed by atoms with Gasteiger partial charge in [-0.25, -0.2) is 0 Å². The molecule has 1 saturated heterocycles. The number of aliphatic hydroxyl groups excluding tert-OH is 1. The van der Waals surface area contributed by atoms with Crippen molar-refractivity contribution < 1.29 is 9.90 Å². The molecule has 2 N–H and O–H groups in total. The lowest BCUT2D eigenvalue weighted by molar-refractivity contribution is -0.141. The van der Waals surface area contributed by atoms with Crippen LogP contribution in [0.1, 0.15) is 39.0 Å². The van der Waals surface area contributed by atoms with Crippen molar-refractivity contribution in [3.05, 3.63) is 0 Å². The largest absolute Gasteiger partial charge is 0.395 e. The Bertz CT molecular complexity index is 266. The van der Waals surface area contributed by atoms with E-state index in [9.17, 15) is 4.79 Å². The summed E-state index contributed by atoms with van der Waals surface area (Å²) in [4.78, 5) is 14.4. The molecular formula is C13H24N2O2. The third-order valence-corrected chi connectivity index (χ3v) is 4.11. The van der Waals surface area contributed by atoms with Crippen LogP contribution in [0.3, 0.4) is 0 Å². The number of hydrogen-bond acceptors (Lipinski definition) is 3. The maximum absolute atomic E-state index is 12.5. The molecule has 1 saturated carbocycles. The number of nitrogens with zero attached hydrogens (tertiary/aromatic N) is 1. The zero-order valence-electron chi connectivity index (χ0n) is 10.7. The summed E-state index contributed by atoms with van der Waals surface area (Å²) in [7, 11) is 0. The topological polar surface area (TPSA) is 52.6 Å². The molecule has 0 aromatic rings. The Morgan fingerprint density at radius 3 is 2.71 bits per heavy atom. The number of aliphatic hydroxyl groups is 1. The number of hydrogen-bond donors (Lipinski definition) is 2. The first-order valence-electron chi connectivity index (χ1n) is 6.87. The third-order valence-electron chi connectivity index (χ3n) is 4.11. The Balaban J connectivity index is 1.94. The molecule has 98 valence electrons. The van der Waals surface area contributed by atoms with Gasteiger partial charge in [0.1, 0.15) is 0 Å². The fraction of sp³-hybridized carbons (Fsp3) is 0.923. The molecule has 4 heteroatoms. The highest BCUT2D eigenvalue weighted by Gasteiger charge is 2.34. The zero-order valence-corrected chi connectivity index (χ0v) is 10.7. The van der Waals surface area contributed by atoms with Crippen LogP contribution in [0, 0.1) is 5.92 Å². The molecule has 0 aromatic carbocycles. The van der Waals surface area contributed by atoms with Crippen LogP contribution >= 0.6 is 0 Å². The molecular weight excluding hydrogens is 216 g/mol. The van der Waals surface area contributed by atoms with Gasteiger partial charge in [-0.15, -0.1) is 0 Å². The summed E-state index contributed by atoms with van der Waals surface area (Å²) < 4.78 is 0. The van der Waals surface area contributed by atoms with Crippen LogP contribution in [0.4, 0.5) is 0 Å². The second kappa shape index (κ2) is 5.83. The van der Waals surface area contributed by atoms with E-state index in [-0.39, 0.29) is 18.4 Å². The Labute approximate surface area is 103 Å². The number of carbonyl (C=O) groups is 1. The summed E-state index contributed by atoms with van der Waals surface area (Å²) in [6, 6.07) is 0.843. The van der Waals surface area contributed by atoms with E-state index in [0.717, 1.165) is 32.2 Å². The van der Waals surface area contributed by atoms with Gasteiger partial charge in [0.2, 0.25) is 5.91 Å². The number of amides is 1. The minimum absolute atomic E-state index is 0.0861. The lowest BCUT2D eigenvalue weighted by Crippen LogP contribution is -2.50. The monoisotopic (exact) mass is 240 g/mol. The van der Waals surface area contributed by atoms with E-state index in [1.54, 1.807) is 0 Å². The van der Waals surface area contributed by atoms with Gasteiger partial charge in [0.15, 0.2) is 0 Å². The smallest absolute Gasteiger partial charge is 0.226 e. The molecule has 2 fully saturated rings. The van der Waals surface area contributed by atoms with Gasteiger partial charge in [0.05, 0.1) is 6.61 Å². The molecule has 0 aromatic heterocycles. The van der Waals surface area contributed by atoms with E-state index in [4.69, 9.17) is 5.11 Å². The number of rotatable bonds is 4. The van der Waals surface area contributed by atoms with Crippen molar-refractivity contribution in [1.82, 2.24) is 10.2 Å². The van der Waals surface area contributed by atoms with Gasteiger partial charge in [-0.3, -0.25) is 4.79 Å². The minimum Gasteiger partial charge on any atom is -0.395 e. The predicted octanol–water partition coefficient (Wildman–Crippen LogP) is 0.748. The lowest BCUT2D eigenvalue weighted by atomic mass is 9.87. The van der Waals surface area contributed by atoms with E-state index >= 15 is 0 Å². The van der Waals surface area contributed by atoms with E-state index in [2.05, 4.69) is 12.2 Å². The van der Waals surface area contributed by atoms with Crippen LogP contribution in [-0.2, 0) is 4.79 Å². The predicted molar refractivity (Wildman–Crippen MR) is 66.6 cm³/mol. The highest BCUT2D eigenvalue weighted by molar-refractivity contribution is 5.79. The van der Waals surface area contributed by atoms with Gasteiger partial charge in [-0.1, -0.05) is 0 Å². The molecule has 2 atom stereocenters. The van der Waals surface area contributed by atoms with Crippen molar-refractivity contribution >= 4 is 5.91 Å². The maximum Gasteiger partial charge on any atom is 0.226 e. The molecule has 17 heavy (non-hydrogen) atoms. The van der Waals surface area contributed by atoms with Crippen LogP contribution < -0.4 is 5.32 Å². The minimum atomic E-state index is 0.0861. The summed E-state index contributed by atoms with van der Waals surface area (Å²) in [5.74, 6) is 0.440. The Hall–Kier alpha value is -0.610. The van der Waals surface area contributed by atoms with Crippen LogP contribution in [-0.4, -0.2) is 47.7 Å².